The first-order chi connectivity index (χ1) is 11.3. The molecule has 0 aliphatic rings. The summed E-state index contributed by atoms with van der Waals surface area (Å²) < 4.78 is 0. The van der Waals surface area contributed by atoms with E-state index in [9.17, 15) is 0 Å². The molecular formula is C23H18Cl2Zr. The van der Waals surface area contributed by atoms with Crippen LogP contribution < -0.4 is 24.8 Å². The predicted molar refractivity (Wildman–Crippen MR) is 101 cm³/mol. The van der Waals surface area contributed by atoms with E-state index >= 15 is 0 Å². The molecule has 0 N–H and O–H groups in total. The molecular weight excluding hydrogens is 438 g/mol. The number of halogens is 2. The number of hydrogen-bond acceptors (Lipinski definition) is 0. The first-order valence-electron chi connectivity index (χ1n) is 7.96. The van der Waals surface area contributed by atoms with Gasteiger partial charge in [0.05, 0.1) is 0 Å². The Morgan fingerprint density at radius 1 is 0.654 bits per heavy atom. The van der Waals surface area contributed by atoms with Crippen LogP contribution in [0.15, 0.2) is 91.0 Å². The van der Waals surface area contributed by atoms with Gasteiger partial charge in [-0.2, -0.15) is 12.1 Å². The van der Waals surface area contributed by atoms with Gasteiger partial charge in [-0.3, -0.25) is 0 Å². The Morgan fingerprint density at radius 3 is 1.85 bits per heavy atom. The molecule has 0 radical (unpaired) electrons. The molecule has 26 heavy (non-hydrogen) atoms. The van der Waals surface area contributed by atoms with Crippen molar-refractivity contribution < 1.29 is 51.0 Å². The van der Waals surface area contributed by atoms with E-state index in [1.165, 1.54) is 37.9 Å². The van der Waals surface area contributed by atoms with Gasteiger partial charge in [0, 0.05) is 0 Å². The Kier molecular flexibility index (Phi) is 8.77. The van der Waals surface area contributed by atoms with E-state index in [1.54, 1.807) is 0 Å². The van der Waals surface area contributed by atoms with Gasteiger partial charge >= 0.3 is 26.2 Å². The minimum absolute atomic E-state index is 0. The third-order valence-corrected chi connectivity index (χ3v) is 4.32. The molecule has 5 aromatic carbocycles. The molecule has 3 heteroatoms. The second-order valence-corrected chi connectivity index (χ2v) is 5.98. The molecule has 0 heterocycles. The van der Waals surface area contributed by atoms with Crippen molar-refractivity contribution in [2.24, 2.45) is 0 Å². The summed E-state index contributed by atoms with van der Waals surface area (Å²) >= 11 is 0. The fourth-order valence-corrected chi connectivity index (χ4v) is 3.15. The van der Waals surface area contributed by atoms with Crippen LogP contribution in [0.3, 0.4) is 0 Å². The van der Waals surface area contributed by atoms with Crippen LogP contribution in [0.2, 0.25) is 0 Å². The van der Waals surface area contributed by atoms with E-state index in [1.807, 2.05) is 0 Å². The molecule has 0 saturated heterocycles. The van der Waals surface area contributed by atoms with Gasteiger partial charge in [0.1, 0.15) is 0 Å². The predicted octanol–water partition coefficient (Wildman–Crippen LogP) is 0.585. The van der Waals surface area contributed by atoms with Crippen LogP contribution >= 0.6 is 0 Å². The molecule has 128 valence electrons. The second-order valence-electron chi connectivity index (χ2n) is 5.98. The average molecular weight is 457 g/mol. The van der Waals surface area contributed by atoms with Gasteiger partial charge < -0.3 is 24.8 Å². The van der Waals surface area contributed by atoms with Crippen LogP contribution in [0.4, 0.5) is 0 Å². The molecule has 0 amide bonds. The Morgan fingerprint density at radius 2 is 1.23 bits per heavy atom. The van der Waals surface area contributed by atoms with E-state index in [0.29, 0.717) is 0 Å². The third kappa shape index (κ3) is 4.66. The molecule has 0 atom stereocenters. The minimum atomic E-state index is 0. The maximum absolute atomic E-state index is 2.24. The molecule has 0 nitrogen and oxygen atoms in total. The number of hydrogen-bond donors (Lipinski definition) is 0. The molecule has 0 bridgehead atoms. The van der Waals surface area contributed by atoms with Crippen molar-refractivity contribution in [3.63, 3.8) is 0 Å². The molecule has 0 unspecified atom stereocenters. The monoisotopic (exact) mass is 454 g/mol. The summed E-state index contributed by atoms with van der Waals surface area (Å²) in [6, 6.07) is 32.1. The zero-order valence-electron chi connectivity index (χ0n) is 14.4. The van der Waals surface area contributed by atoms with Crippen molar-refractivity contribution in [3.8, 4) is 0 Å². The largest absolute Gasteiger partial charge is 4.00 e. The third-order valence-electron chi connectivity index (χ3n) is 4.32. The maximum Gasteiger partial charge on any atom is 4.00 e. The number of benzene rings is 3. The van der Waals surface area contributed by atoms with Crippen LogP contribution in [-0.4, -0.2) is 0 Å². The molecule has 0 saturated carbocycles. The fraction of sp³-hybridized carbons (Fsp3) is 0.0435. The first kappa shape index (κ1) is 22.6. The Labute approximate surface area is 185 Å². The van der Waals surface area contributed by atoms with Gasteiger partial charge in [-0.25, -0.2) is 0 Å². The van der Waals surface area contributed by atoms with Gasteiger partial charge in [-0.1, -0.05) is 48.0 Å². The summed E-state index contributed by atoms with van der Waals surface area (Å²) in [6.45, 7) is 2.12. The average Bonchev–Trinajstić information content (AvgIpc) is 3.18. The molecule has 0 aromatic heterocycles. The molecule has 0 aliphatic heterocycles. The maximum atomic E-state index is 2.24. The standard InChI is InChI=1S/C13H9.C10H9.2ClH.Zr/c1-3-7-12-10(5-1)9-11-6-2-4-8-13(11)12;1-8-5-6-9-3-2-4-10(9)7-8;;;/h1-9H;2-7H,1H3;2*1H;/q2*-1;;;+4/p-2. The molecule has 0 aliphatic carbocycles. The molecule has 0 fully saturated rings. The van der Waals surface area contributed by atoms with E-state index in [4.69, 9.17) is 0 Å². The zero-order chi connectivity index (χ0) is 15.6. The first-order valence-corrected chi connectivity index (χ1v) is 7.96. The molecule has 5 rings (SSSR count). The molecule has 5 aromatic rings. The van der Waals surface area contributed by atoms with E-state index in [0.717, 1.165) is 0 Å². The summed E-state index contributed by atoms with van der Waals surface area (Å²) in [5, 5.41) is 8.08. The van der Waals surface area contributed by atoms with Crippen molar-refractivity contribution in [1.29, 1.82) is 0 Å². The van der Waals surface area contributed by atoms with Crippen LogP contribution in [0, 0.1) is 6.92 Å². The van der Waals surface area contributed by atoms with Gasteiger partial charge in [0.2, 0.25) is 0 Å². The summed E-state index contributed by atoms with van der Waals surface area (Å²) in [6.07, 6.45) is 0. The summed E-state index contributed by atoms with van der Waals surface area (Å²) in [5.41, 5.74) is 1.33. The normalized spacial score (nSPS) is 9.58. The van der Waals surface area contributed by atoms with Crippen molar-refractivity contribution in [1.82, 2.24) is 0 Å². The summed E-state index contributed by atoms with van der Waals surface area (Å²) in [7, 11) is 0. The van der Waals surface area contributed by atoms with Crippen molar-refractivity contribution in [3.05, 3.63) is 96.6 Å². The minimum Gasteiger partial charge on any atom is -1.00 e. The molecule has 0 spiro atoms. The van der Waals surface area contributed by atoms with Crippen LogP contribution in [0.25, 0.3) is 32.3 Å². The van der Waals surface area contributed by atoms with E-state index in [-0.39, 0.29) is 51.0 Å². The Bertz CT molecular complexity index is 1040. The quantitative estimate of drug-likeness (QED) is 0.299. The van der Waals surface area contributed by atoms with Gasteiger partial charge in [0.25, 0.3) is 0 Å². The number of aryl methyl sites for hydroxylation is 1. The van der Waals surface area contributed by atoms with Crippen LogP contribution in [0.5, 0.6) is 0 Å². The number of fused-ring (bicyclic) bond motifs is 4. The summed E-state index contributed by atoms with van der Waals surface area (Å²) in [5.74, 6) is 0. The van der Waals surface area contributed by atoms with Crippen LogP contribution in [0.1, 0.15) is 5.56 Å². The Balaban J connectivity index is 0.000000239. The van der Waals surface area contributed by atoms with E-state index in [2.05, 4.69) is 97.9 Å². The van der Waals surface area contributed by atoms with Crippen molar-refractivity contribution >= 4 is 32.3 Å². The fourth-order valence-electron chi connectivity index (χ4n) is 3.15. The van der Waals surface area contributed by atoms with Crippen LogP contribution in [-0.2, 0) is 26.2 Å². The topological polar surface area (TPSA) is 0 Å². The Hall–Kier alpha value is -1.40. The van der Waals surface area contributed by atoms with Gasteiger partial charge in [0.15, 0.2) is 0 Å². The number of rotatable bonds is 0. The van der Waals surface area contributed by atoms with Crippen molar-refractivity contribution in [2.75, 3.05) is 0 Å². The van der Waals surface area contributed by atoms with Gasteiger partial charge in [-0.15, -0.1) is 68.7 Å². The second kappa shape index (κ2) is 10.1. The summed E-state index contributed by atoms with van der Waals surface area (Å²) in [4.78, 5) is 0. The van der Waals surface area contributed by atoms with Crippen molar-refractivity contribution in [2.45, 2.75) is 6.92 Å². The van der Waals surface area contributed by atoms with Gasteiger partial charge in [-0.05, 0) is 6.92 Å². The SMILES string of the molecule is Cc1ccc2cc[cH-]c2c1.[Cl-].[Cl-].[Zr+4].c1ccc2c(c1)[cH-]c1ccccc12. The zero-order valence-corrected chi connectivity index (χ0v) is 18.4. The smallest absolute Gasteiger partial charge is 1.00 e. The van der Waals surface area contributed by atoms with E-state index < -0.39 is 0 Å².